The lowest BCUT2D eigenvalue weighted by molar-refractivity contribution is 0.469. The number of anilines is 1. The van der Waals surface area contributed by atoms with Crippen molar-refractivity contribution >= 4 is 33.2 Å². The number of rotatable bonds is 3. The quantitative estimate of drug-likeness (QED) is 0.878. The molecule has 2 aromatic rings. The molecule has 2 aromatic carbocycles. The van der Waals surface area contributed by atoms with Crippen molar-refractivity contribution in [2.75, 3.05) is 5.32 Å². The summed E-state index contributed by atoms with van der Waals surface area (Å²) < 4.78 is 0.903. The fraction of sp³-hybridized carbons (Fsp3) is 0.0714. The van der Waals surface area contributed by atoms with Gasteiger partial charge in [0.15, 0.2) is 0 Å². The Morgan fingerprint density at radius 1 is 1.26 bits per heavy atom. The van der Waals surface area contributed by atoms with Gasteiger partial charge in [0.1, 0.15) is 11.8 Å². The number of nitrogens with zero attached hydrogens (tertiary/aromatic N) is 1. The van der Waals surface area contributed by atoms with E-state index >= 15 is 0 Å². The van der Waals surface area contributed by atoms with Gasteiger partial charge in [-0.3, -0.25) is 0 Å². The highest BCUT2D eigenvalue weighted by atomic mass is 79.9. The summed E-state index contributed by atoms with van der Waals surface area (Å²) in [5.41, 5.74) is 2.01. The molecular weight excluding hydrogens is 328 g/mol. The SMILES string of the molecule is N#Cc1ccc(NCc2cc(Br)ccc2O)cc1Cl. The zero-order chi connectivity index (χ0) is 13.8. The molecule has 0 amide bonds. The van der Waals surface area contributed by atoms with Gasteiger partial charge in [-0.1, -0.05) is 27.5 Å². The van der Waals surface area contributed by atoms with Crippen molar-refractivity contribution in [2.24, 2.45) is 0 Å². The van der Waals surface area contributed by atoms with Gasteiger partial charge in [-0.15, -0.1) is 0 Å². The van der Waals surface area contributed by atoms with E-state index in [0.29, 0.717) is 17.1 Å². The van der Waals surface area contributed by atoms with Crippen molar-refractivity contribution in [1.82, 2.24) is 0 Å². The smallest absolute Gasteiger partial charge is 0.120 e. The summed E-state index contributed by atoms with van der Waals surface area (Å²) in [6, 6.07) is 12.4. The standard InChI is InChI=1S/C14H10BrClN2O/c15-11-2-4-14(19)10(5-11)8-18-12-3-1-9(7-17)13(16)6-12/h1-6,18-19H,8H2. The zero-order valence-corrected chi connectivity index (χ0v) is 12.2. The number of nitriles is 1. The van der Waals surface area contributed by atoms with Crippen molar-refractivity contribution in [3.63, 3.8) is 0 Å². The highest BCUT2D eigenvalue weighted by Crippen LogP contribution is 2.24. The second-order valence-corrected chi connectivity index (χ2v) is 5.26. The molecule has 0 atom stereocenters. The van der Waals surface area contributed by atoms with Gasteiger partial charge in [-0.25, -0.2) is 0 Å². The predicted molar refractivity (Wildman–Crippen MR) is 79.3 cm³/mol. The molecular formula is C14H10BrClN2O. The molecule has 0 aliphatic heterocycles. The number of benzene rings is 2. The molecule has 96 valence electrons. The lowest BCUT2D eigenvalue weighted by Crippen LogP contribution is -2.00. The third-order valence-corrected chi connectivity index (χ3v) is 3.42. The fourth-order valence-corrected chi connectivity index (χ4v) is 2.24. The Balaban J connectivity index is 2.13. The number of hydrogen-bond donors (Lipinski definition) is 2. The Morgan fingerprint density at radius 3 is 2.74 bits per heavy atom. The normalized spacial score (nSPS) is 9.95. The highest BCUT2D eigenvalue weighted by molar-refractivity contribution is 9.10. The summed E-state index contributed by atoms with van der Waals surface area (Å²) in [5.74, 6) is 0.232. The van der Waals surface area contributed by atoms with E-state index in [4.69, 9.17) is 16.9 Å². The van der Waals surface area contributed by atoms with Crippen molar-refractivity contribution in [1.29, 1.82) is 5.26 Å². The van der Waals surface area contributed by atoms with E-state index in [2.05, 4.69) is 21.2 Å². The van der Waals surface area contributed by atoms with Gasteiger partial charge in [0.2, 0.25) is 0 Å². The van der Waals surface area contributed by atoms with Crippen LogP contribution in [0, 0.1) is 11.3 Å². The second kappa shape index (κ2) is 5.96. The maximum absolute atomic E-state index is 9.72. The minimum Gasteiger partial charge on any atom is -0.508 e. The van der Waals surface area contributed by atoms with Gasteiger partial charge >= 0.3 is 0 Å². The highest BCUT2D eigenvalue weighted by Gasteiger charge is 2.04. The molecule has 0 aromatic heterocycles. The maximum atomic E-state index is 9.72. The number of halogens is 2. The molecule has 0 fully saturated rings. The number of aromatic hydroxyl groups is 1. The predicted octanol–water partition coefficient (Wildman–Crippen LogP) is 4.29. The summed E-state index contributed by atoms with van der Waals surface area (Å²) in [6.45, 7) is 0.466. The van der Waals surface area contributed by atoms with Crippen molar-refractivity contribution in [3.05, 3.63) is 57.0 Å². The third-order valence-electron chi connectivity index (χ3n) is 2.61. The molecule has 0 aliphatic carbocycles. The van der Waals surface area contributed by atoms with Crippen LogP contribution < -0.4 is 5.32 Å². The van der Waals surface area contributed by atoms with E-state index in [1.807, 2.05) is 12.1 Å². The van der Waals surface area contributed by atoms with Crippen LogP contribution in [0.4, 0.5) is 5.69 Å². The molecule has 0 aliphatic rings. The van der Waals surface area contributed by atoms with E-state index in [0.717, 1.165) is 15.7 Å². The van der Waals surface area contributed by atoms with E-state index in [9.17, 15) is 5.11 Å². The first-order valence-corrected chi connectivity index (χ1v) is 6.68. The number of phenolic OH excluding ortho intramolecular Hbond substituents is 1. The van der Waals surface area contributed by atoms with Crippen LogP contribution in [-0.2, 0) is 6.54 Å². The molecule has 0 bridgehead atoms. The first-order valence-electron chi connectivity index (χ1n) is 5.51. The monoisotopic (exact) mass is 336 g/mol. The molecule has 0 saturated carbocycles. The first kappa shape index (κ1) is 13.7. The summed E-state index contributed by atoms with van der Waals surface area (Å²) >= 11 is 9.31. The molecule has 3 nitrogen and oxygen atoms in total. The summed E-state index contributed by atoms with van der Waals surface area (Å²) in [4.78, 5) is 0. The Bertz CT molecular complexity index is 652. The van der Waals surface area contributed by atoms with Crippen LogP contribution in [0.3, 0.4) is 0 Å². The summed E-state index contributed by atoms with van der Waals surface area (Å²) in [5, 5.41) is 22.1. The molecule has 0 heterocycles. The Morgan fingerprint density at radius 2 is 2.05 bits per heavy atom. The Labute approximate surface area is 124 Å². The van der Waals surface area contributed by atoms with Crippen molar-refractivity contribution < 1.29 is 5.11 Å². The van der Waals surface area contributed by atoms with E-state index in [1.165, 1.54) is 0 Å². The molecule has 0 unspecified atom stereocenters. The molecule has 0 spiro atoms. The molecule has 2 N–H and O–H groups in total. The summed E-state index contributed by atoms with van der Waals surface area (Å²) in [6.07, 6.45) is 0. The largest absolute Gasteiger partial charge is 0.508 e. The lowest BCUT2D eigenvalue weighted by atomic mass is 10.2. The van der Waals surface area contributed by atoms with Crippen LogP contribution in [0.1, 0.15) is 11.1 Å². The molecule has 0 saturated heterocycles. The van der Waals surface area contributed by atoms with Crippen LogP contribution in [-0.4, -0.2) is 5.11 Å². The van der Waals surface area contributed by atoms with E-state index in [1.54, 1.807) is 30.3 Å². The van der Waals surface area contributed by atoms with Gasteiger partial charge < -0.3 is 10.4 Å². The van der Waals surface area contributed by atoms with E-state index in [-0.39, 0.29) is 5.75 Å². The van der Waals surface area contributed by atoms with Gasteiger partial charge in [-0.2, -0.15) is 5.26 Å². The molecule has 2 rings (SSSR count). The van der Waals surface area contributed by atoms with Crippen LogP contribution >= 0.6 is 27.5 Å². The molecule has 19 heavy (non-hydrogen) atoms. The fourth-order valence-electron chi connectivity index (χ4n) is 1.61. The third kappa shape index (κ3) is 3.40. The van der Waals surface area contributed by atoms with E-state index < -0.39 is 0 Å². The number of nitrogens with one attached hydrogen (secondary N) is 1. The second-order valence-electron chi connectivity index (χ2n) is 3.93. The van der Waals surface area contributed by atoms with Crippen LogP contribution in [0.5, 0.6) is 5.75 Å². The van der Waals surface area contributed by atoms with Gasteiger partial charge in [-0.05, 0) is 36.4 Å². The number of phenols is 1. The Hall–Kier alpha value is -1.70. The average molecular weight is 338 g/mol. The summed E-state index contributed by atoms with van der Waals surface area (Å²) in [7, 11) is 0. The molecule has 0 radical (unpaired) electrons. The van der Waals surface area contributed by atoms with Crippen LogP contribution in [0.25, 0.3) is 0 Å². The maximum Gasteiger partial charge on any atom is 0.120 e. The number of hydrogen-bond acceptors (Lipinski definition) is 3. The van der Waals surface area contributed by atoms with Gasteiger partial charge in [0, 0.05) is 22.3 Å². The van der Waals surface area contributed by atoms with Crippen molar-refractivity contribution in [3.8, 4) is 11.8 Å². The first-order chi connectivity index (χ1) is 9.10. The lowest BCUT2D eigenvalue weighted by Gasteiger charge is -2.09. The minimum atomic E-state index is 0.232. The molecule has 5 heteroatoms. The average Bonchev–Trinajstić information content (AvgIpc) is 2.40. The van der Waals surface area contributed by atoms with Gasteiger partial charge in [0.05, 0.1) is 10.6 Å². The zero-order valence-electron chi connectivity index (χ0n) is 9.82. The minimum absolute atomic E-state index is 0.232. The van der Waals surface area contributed by atoms with Crippen LogP contribution in [0.15, 0.2) is 40.9 Å². The topological polar surface area (TPSA) is 56.0 Å². The Kier molecular flexibility index (Phi) is 4.31. The van der Waals surface area contributed by atoms with Gasteiger partial charge in [0.25, 0.3) is 0 Å². The van der Waals surface area contributed by atoms with Crippen LogP contribution in [0.2, 0.25) is 5.02 Å². The van der Waals surface area contributed by atoms with Crippen molar-refractivity contribution in [2.45, 2.75) is 6.54 Å².